The van der Waals surface area contributed by atoms with E-state index < -0.39 is 24.4 Å². The summed E-state index contributed by atoms with van der Waals surface area (Å²) in [6.45, 7) is 8.26. The maximum atomic E-state index is 13.6. The van der Waals surface area contributed by atoms with Crippen molar-refractivity contribution in [3.8, 4) is 0 Å². The zero-order chi connectivity index (χ0) is 52.4. The van der Waals surface area contributed by atoms with E-state index in [1.54, 1.807) is 42.3 Å². The minimum absolute atomic E-state index is 0.156. The van der Waals surface area contributed by atoms with Crippen LogP contribution in [-0.4, -0.2) is 127 Å². The van der Waals surface area contributed by atoms with Crippen molar-refractivity contribution >= 4 is 12.2 Å². The Morgan fingerprint density at radius 3 is 1.01 bits per heavy atom. The van der Waals surface area contributed by atoms with Crippen molar-refractivity contribution in [3.63, 3.8) is 0 Å². The first-order chi connectivity index (χ1) is 36.9. The highest BCUT2D eigenvalue weighted by Crippen LogP contribution is 2.15. The Kier molecular flexibility index (Phi) is 27.2. The molecule has 0 saturated carbocycles. The molecule has 13 nitrogen and oxygen atoms in total. The third-order valence-electron chi connectivity index (χ3n) is 11.8. The summed E-state index contributed by atoms with van der Waals surface area (Å²) in [7, 11) is 1.69. The lowest BCUT2D eigenvalue weighted by Gasteiger charge is -2.26. The van der Waals surface area contributed by atoms with Gasteiger partial charge in [-0.1, -0.05) is 176 Å². The molecule has 0 spiro atoms. The molecule has 0 heterocycles. The van der Waals surface area contributed by atoms with Gasteiger partial charge in [-0.3, -0.25) is 9.59 Å². The van der Waals surface area contributed by atoms with Gasteiger partial charge in [-0.25, -0.2) is 0 Å². The van der Waals surface area contributed by atoms with Crippen LogP contribution in [0, 0.1) is 0 Å². The number of aldehydes is 1. The smallest absolute Gasteiger partial charge is 0.254 e. The Balaban J connectivity index is 1.08. The van der Waals surface area contributed by atoms with Crippen LogP contribution in [0.3, 0.4) is 0 Å². The summed E-state index contributed by atoms with van der Waals surface area (Å²) in [4.78, 5) is 26.9. The molecule has 0 N–H and O–H groups in total. The normalized spacial score (nSPS) is 13.3. The molecular formula is C62H73NO12. The highest BCUT2D eigenvalue weighted by molar-refractivity contribution is 6.01. The van der Waals surface area contributed by atoms with Gasteiger partial charge < -0.3 is 52.3 Å². The van der Waals surface area contributed by atoms with Gasteiger partial charge in [-0.15, -0.1) is 6.58 Å². The molecule has 13 heteroatoms. The van der Waals surface area contributed by atoms with Crippen LogP contribution in [0.5, 0.6) is 0 Å². The zero-order valence-electron chi connectivity index (χ0n) is 43.2. The second kappa shape index (κ2) is 35.1. The van der Waals surface area contributed by atoms with Gasteiger partial charge in [0.25, 0.3) is 5.91 Å². The van der Waals surface area contributed by atoms with Gasteiger partial charge in [-0.2, -0.15) is 0 Å². The van der Waals surface area contributed by atoms with Crippen LogP contribution in [0.25, 0.3) is 0 Å². The molecule has 5 atom stereocenters. The number of nitrogens with zero attached hydrogens (tertiary/aromatic N) is 1. The minimum atomic E-state index is -0.511. The summed E-state index contributed by atoms with van der Waals surface area (Å²) < 4.78 is 63.1. The summed E-state index contributed by atoms with van der Waals surface area (Å²) in [5.41, 5.74) is 5.74. The first kappa shape index (κ1) is 58.1. The fraction of sp³-hybridized carbons (Fsp3) is 0.355. The van der Waals surface area contributed by atoms with Crippen molar-refractivity contribution in [2.75, 3.05) is 79.7 Å². The molecular weight excluding hydrogens is 951 g/mol. The molecule has 1 amide bonds. The molecule has 0 aliphatic rings. The molecule has 398 valence electrons. The van der Waals surface area contributed by atoms with Crippen LogP contribution in [0.4, 0.5) is 0 Å². The van der Waals surface area contributed by atoms with Gasteiger partial charge >= 0.3 is 0 Å². The lowest BCUT2D eigenvalue weighted by molar-refractivity contribution is -0.124. The van der Waals surface area contributed by atoms with Crippen molar-refractivity contribution in [2.45, 2.75) is 63.6 Å². The number of hydrogen-bond acceptors (Lipinski definition) is 12. The van der Waals surface area contributed by atoms with E-state index in [2.05, 4.69) is 6.58 Å². The number of rotatable bonds is 39. The molecule has 75 heavy (non-hydrogen) atoms. The number of amides is 1. The van der Waals surface area contributed by atoms with Crippen LogP contribution in [-0.2, 0) is 80.4 Å². The lowest BCUT2D eigenvalue weighted by atomic mass is 10.1. The van der Waals surface area contributed by atoms with Gasteiger partial charge in [0.05, 0.1) is 111 Å². The number of benzene rings is 6. The average Bonchev–Trinajstić information content (AvgIpc) is 3.46. The predicted octanol–water partition coefficient (Wildman–Crippen LogP) is 9.77. The SMILES string of the molecule is C=CCOCC(COCC(COCC(COCC(COCC(CN(C)C(=O)c1ccccc1C=O)OCc1ccccc1)OCc1ccccc1)OCc1ccccc1)OCc1ccccc1)OCc1ccccc1. The topological polar surface area (TPSA) is 130 Å². The van der Waals surface area contributed by atoms with E-state index in [1.807, 2.05) is 152 Å². The molecule has 0 radical (unpaired) electrons. The summed E-state index contributed by atoms with van der Waals surface area (Å²) in [5, 5.41) is 0. The minimum Gasteiger partial charge on any atom is -0.376 e. The second-order valence-corrected chi connectivity index (χ2v) is 18.0. The number of carbonyl (C=O) groups excluding carboxylic acids is 2. The van der Waals surface area contributed by atoms with Crippen LogP contribution in [0.1, 0.15) is 48.5 Å². The monoisotopic (exact) mass is 1020 g/mol. The number of likely N-dealkylation sites (N-methyl/N-ethyl adjacent to an activating group) is 1. The first-order valence-corrected chi connectivity index (χ1v) is 25.5. The number of ether oxygens (including phenoxy) is 10. The van der Waals surface area contributed by atoms with E-state index in [0.717, 1.165) is 27.8 Å². The quantitative estimate of drug-likeness (QED) is 0.0207. The van der Waals surface area contributed by atoms with E-state index in [-0.39, 0.29) is 64.8 Å². The predicted molar refractivity (Wildman–Crippen MR) is 288 cm³/mol. The van der Waals surface area contributed by atoms with Crippen LogP contribution >= 0.6 is 0 Å². The second-order valence-electron chi connectivity index (χ2n) is 18.0. The van der Waals surface area contributed by atoms with Crippen molar-refractivity contribution in [1.82, 2.24) is 4.90 Å². The summed E-state index contributed by atoms with van der Waals surface area (Å²) in [6.07, 6.45) is 0.225. The summed E-state index contributed by atoms with van der Waals surface area (Å²) in [5.74, 6) is -0.292. The standard InChI is InChI=1S/C62H73NO12/c1-3-33-66-42-57(72-37-51-23-11-5-12-24-51)43-68-46-59(74-39-53-27-15-7-16-28-53)47-70-49-60(75-40-54-29-17-8-18-30-54)48-69-45-58(73-38-52-25-13-6-14-26-52)44-67-41-56(71-36-50-21-9-4-10-22-50)34-63(2)62(65)61-32-20-19-31-55(61)35-64/h3-32,35,56-60H,1,33-34,36-49H2,2H3. The van der Waals surface area contributed by atoms with E-state index in [4.69, 9.17) is 47.4 Å². The van der Waals surface area contributed by atoms with Crippen molar-refractivity contribution < 1.29 is 57.0 Å². The highest BCUT2D eigenvalue weighted by atomic mass is 16.6. The zero-order valence-corrected chi connectivity index (χ0v) is 43.2. The Morgan fingerprint density at radius 2 is 0.693 bits per heavy atom. The molecule has 0 fully saturated rings. The van der Waals surface area contributed by atoms with Gasteiger partial charge in [0.2, 0.25) is 0 Å². The summed E-state index contributed by atoms with van der Waals surface area (Å²) in [6, 6.07) is 56.4. The Bertz CT molecular complexity index is 2430. The van der Waals surface area contributed by atoms with Crippen LogP contribution < -0.4 is 0 Å². The largest absolute Gasteiger partial charge is 0.376 e. The van der Waals surface area contributed by atoms with Crippen molar-refractivity contribution in [2.24, 2.45) is 0 Å². The van der Waals surface area contributed by atoms with Crippen LogP contribution in [0.2, 0.25) is 0 Å². The van der Waals surface area contributed by atoms with Gasteiger partial charge in [0.1, 0.15) is 24.4 Å². The Hall–Kier alpha value is -6.20. The maximum Gasteiger partial charge on any atom is 0.254 e. The molecule has 6 aromatic rings. The number of hydrogen-bond donors (Lipinski definition) is 0. The molecule has 6 rings (SSSR count). The molecule has 0 aromatic heterocycles. The molecule has 0 aliphatic heterocycles. The molecule has 0 saturated heterocycles. The Labute approximate surface area is 443 Å². The van der Waals surface area contributed by atoms with Crippen molar-refractivity contribution in [3.05, 3.63) is 228 Å². The molecule has 5 unspecified atom stereocenters. The molecule has 6 aromatic carbocycles. The number of carbonyl (C=O) groups is 2. The van der Waals surface area contributed by atoms with E-state index in [1.165, 1.54) is 0 Å². The third-order valence-corrected chi connectivity index (χ3v) is 11.8. The van der Waals surface area contributed by atoms with E-state index >= 15 is 0 Å². The third kappa shape index (κ3) is 23.1. The molecule has 0 bridgehead atoms. The van der Waals surface area contributed by atoms with Gasteiger partial charge in [-0.05, 0) is 33.9 Å². The molecule has 0 aliphatic carbocycles. The fourth-order valence-electron chi connectivity index (χ4n) is 7.67. The highest BCUT2D eigenvalue weighted by Gasteiger charge is 2.23. The van der Waals surface area contributed by atoms with Gasteiger partial charge in [0, 0.05) is 19.2 Å². The first-order valence-electron chi connectivity index (χ1n) is 25.5. The lowest BCUT2D eigenvalue weighted by Crippen LogP contribution is -2.39. The summed E-state index contributed by atoms with van der Waals surface area (Å²) >= 11 is 0. The maximum absolute atomic E-state index is 13.6. The van der Waals surface area contributed by atoms with Crippen molar-refractivity contribution in [1.29, 1.82) is 0 Å². The average molecular weight is 1020 g/mol. The van der Waals surface area contributed by atoms with E-state index in [9.17, 15) is 9.59 Å². The Morgan fingerprint density at radius 1 is 0.413 bits per heavy atom. The van der Waals surface area contributed by atoms with E-state index in [0.29, 0.717) is 70.3 Å². The van der Waals surface area contributed by atoms with Gasteiger partial charge in [0.15, 0.2) is 6.29 Å². The van der Waals surface area contributed by atoms with Crippen LogP contribution in [0.15, 0.2) is 189 Å². The fourth-order valence-corrected chi connectivity index (χ4v) is 7.67.